The first-order valence-corrected chi connectivity index (χ1v) is 10.7. The smallest absolute Gasteiger partial charge is 0.0513 e. The molecule has 0 radical (unpaired) electrons. The summed E-state index contributed by atoms with van der Waals surface area (Å²) in [7, 11) is 0. The van der Waals surface area contributed by atoms with Gasteiger partial charge in [0.2, 0.25) is 0 Å². The van der Waals surface area contributed by atoms with Crippen LogP contribution >= 0.6 is 0 Å². The van der Waals surface area contributed by atoms with Crippen LogP contribution in [0.2, 0.25) is 0 Å². The largest absolute Gasteiger partial charge is 0.323 e. The molecule has 1 aliphatic rings. The summed E-state index contributed by atoms with van der Waals surface area (Å²) in [5, 5.41) is 0. The van der Waals surface area contributed by atoms with Crippen LogP contribution in [-0.2, 0) is 0 Å². The van der Waals surface area contributed by atoms with E-state index < -0.39 is 0 Å². The summed E-state index contributed by atoms with van der Waals surface area (Å²) in [5.74, 6) is 0. The van der Waals surface area contributed by atoms with Gasteiger partial charge in [0.25, 0.3) is 0 Å². The molecule has 0 bridgehead atoms. The molecule has 0 aliphatic carbocycles. The van der Waals surface area contributed by atoms with Crippen molar-refractivity contribution in [2.24, 2.45) is 5.73 Å². The number of hydrogen-bond donors (Lipinski definition) is 1. The van der Waals surface area contributed by atoms with Crippen LogP contribution in [0.15, 0.2) is 0 Å². The van der Waals surface area contributed by atoms with Crippen molar-refractivity contribution < 1.29 is 0 Å². The van der Waals surface area contributed by atoms with E-state index in [0.29, 0.717) is 12.1 Å². The molecule has 0 spiro atoms. The zero-order valence-electron chi connectivity index (χ0n) is 17.3. The van der Waals surface area contributed by atoms with Gasteiger partial charge in [-0.25, -0.2) is 0 Å². The normalized spacial score (nSPS) is 25.8. The Bertz CT molecular complexity index is 288. The predicted octanol–water partition coefficient (Wildman–Crippen LogP) is 5.00. The predicted molar refractivity (Wildman–Crippen MR) is 107 cm³/mol. The Labute approximate surface area is 152 Å². The van der Waals surface area contributed by atoms with Gasteiger partial charge in [0.05, 0.1) is 6.67 Å². The van der Waals surface area contributed by atoms with Gasteiger partial charge in [0, 0.05) is 30.7 Å². The monoisotopic (exact) mass is 339 g/mol. The summed E-state index contributed by atoms with van der Waals surface area (Å²) in [5.41, 5.74) is 6.60. The van der Waals surface area contributed by atoms with E-state index >= 15 is 0 Å². The van der Waals surface area contributed by atoms with E-state index in [-0.39, 0.29) is 5.54 Å². The number of rotatable bonds is 12. The van der Waals surface area contributed by atoms with Crippen LogP contribution in [0.4, 0.5) is 0 Å². The van der Waals surface area contributed by atoms with Crippen molar-refractivity contribution in [3.8, 4) is 0 Å². The number of nitrogens with two attached hydrogens (primary N) is 1. The molecule has 24 heavy (non-hydrogen) atoms. The Morgan fingerprint density at radius 2 is 1.21 bits per heavy atom. The highest BCUT2D eigenvalue weighted by molar-refractivity contribution is 4.94. The van der Waals surface area contributed by atoms with Gasteiger partial charge in [-0.05, 0) is 32.6 Å². The van der Waals surface area contributed by atoms with E-state index in [4.69, 9.17) is 5.73 Å². The first kappa shape index (κ1) is 21.9. The van der Waals surface area contributed by atoms with Gasteiger partial charge >= 0.3 is 0 Å². The maximum Gasteiger partial charge on any atom is 0.0513 e. The second kappa shape index (κ2) is 11.5. The molecule has 0 amide bonds. The van der Waals surface area contributed by atoms with Gasteiger partial charge in [0.15, 0.2) is 0 Å². The summed E-state index contributed by atoms with van der Waals surface area (Å²) in [6.07, 6.45) is 13.2. The molecule has 3 nitrogen and oxygen atoms in total. The molecule has 1 fully saturated rings. The van der Waals surface area contributed by atoms with E-state index in [9.17, 15) is 0 Å². The zero-order chi connectivity index (χ0) is 18.0. The molecular weight excluding hydrogens is 294 g/mol. The van der Waals surface area contributed by atoms with E-state index in [1.807, 2.05) is 0 Å². The molecule has 0 aromatic carbocycles. The molecular formula is C21H45N3. The molecule has 2 N–H and O–H groups in total. The SMILES string of the molecule is CCCCCC(CC)N1CN(C(CC)CCCCC)CC(C)(N)C1. The fourth-order valence-corrected chi connectivity index (χ4v) is 4.35. The van der Waals surface area contributed by atoms with Crippen molar-refractivity contribution in [1.82, 2.24) is 9.80 Å². The van der Waals surface area contributed by atoms with Gasteiger partial charge in [0.1, 0.15) is 0 Å². The number of unbranched alkanes of at least 4 members (excludes halogenated alkanes) is 4. The summed E-state index contributed by atoms with van der Waals surface area (Å²) in [6, 6.07) is 1.41. The molecule has 2 unspecified atom stereocenters. The lowest BCUT2D eigenvalue weighted by Crippen LogP contribution is -2.65. The fraction of sp³-hybridized carbons (Fsp3) is 1.00. The first-order valence-electron chi connectivity index (χ1n) is 10.7. The lowest BCUT2D eigenvalue weighted by molar-refractivity contribution is -0.0185. The summed E-state index contributed by atoms with van der Waals surface area (Å²) >= 11 is 0. The minimum absolute atomic E-state index is 0.0748. The second-order valence-corrected chi connectivity index (χ2v) is 8.40. The van der Waals surface area contributed by atoms with Crippen molar-refractivity contribution >= 4 is 0 Å². The third kappa shape index (κ3) is 7.41. The van der Waals surface area contributed by atoms with Crippen molar-refractivity contribution in [3.05, 3.63) is 0 Å². The van der Waals surface area contributed by atoms with Gasteiger partial charge in [-0.2, -0.15) is 0 Å². The maximum atomic E-state index is 6.67. The Morgan fingerprint density at radius 1 is 0.792 bits per heavy atom. The molecule has 0 aromatic rings. The molecule has 2 atom stereocenters. The molecule has 3 heteroatoms. The minimum atomic E-state index is -0.0748. The highest BCUT2D eigenvalue weighted by Gasteiger charge is 2.36. The van der Waals surface area contributed by atoms with E-state index in [2.05, 4.69) is 44.4 Å². The lowest BCUT2D eigenvalue weighted by Gasteiger charge is -2.49. The van der Waals surface area contributed by atoms with Crippen molar-refractivity contribution in [3.63, 3.8) is 0 Å². The third-order valence-electron chi connectivity index (χ3n) is 5.75. The van der Waals surface area contributed by atoms with Crippen LogP contribution in [0.3, 0.4) is 0 Å². The van der Waals surface area contributed by atoms with Gasteiger partial charge in [-0.3, -0.25) is 9.80 Å². The van der Waals surface area contributed by atoms with Crippen LogP contribution in [0.5, 0.6) is 0 Å². The highest BCUT2D eigenvalue weighted by atomic mass is 15.4. The second-order valence-electron chi connectivity index (χ2n) is 8.40. The summed E-state index contributed by atoms with van der Waals surface area (Å²) < 4.78 is 0. The Kier molecular flexibility index (Phi) is 10.5. The van der Waals surface area contributed by atoms with Crippen molar-refractivity contribution in [2.75, 3.05) is 19.8 Å². The molecule has 1 saturated heterocycles. The molecule has 1 aliphatic heterocycles. The van der Waals surface area contributed by atoms with Crippen LogP contribution in [0.25, 0.3) is 0 Å². The Balaban J connectivity index is 2.69. The Morgan fingerprint density at radius 3 is 1.54 bits per heavy atom. The van der Waals surface area contributed by atoms with Gasteiger partial charge < -0.3 is 5.73 Å². The van der Waals surface area contributed by atoms with Crippen molar-refractivity contribution in [1.29, 1.82) is 0 Å². The minimum Gasteiger partial charge on any atom is -0.323 e. The van der Waals surface area contributed by atoms with Gasteiger partial charge in [-0.15, -0.1) is 0 Å². The Hall–Kier alpha value is -0.120. The topological polar surface area (TPSA) is 32.5 Å². The summed E-state index contributed by atoms with van der Waals surface area (Å²) in [6.45, 7) is 14.8. The van der Waals surface area contributed by atoms with Crippen molar-refractivity contribution in [2.45, 2.75) is 116 Å². The number of nitrogens with zero attached hydrogens (tertiary/aromatic N) is 2. The van der Waals surface area contributed by atoms with E-state index in [0.717, 1.165) is 19.8 Å². The quantitative estimate of drug-likeness (QED) is 0.508. The molecule has 0 saturated carbocycles. The van der Waals surface area contributed by atoms with E-state index in [1.54, 1.807) is 0 Å². The average Bonchev–Trinajstić information content (AvgIpc) is 2.54. The zero-order valence-corrected chi connectivity index (χ0v) is 17.3. The third-order valence-corrected chi connectivity index (χ3v) is 5.75. The molecule has 1 rings (SSSR count). The highest BCUT2D eigenvalue weighted by Crippen LogP contribution is 2.25. The van der Waals surface area contributed by atoms with Gasteiger partial charge in [-0.1, -0.05) is 66.2 Å². The van der Waals surface area contributed by atoms with Crippen LogP contribution in [0.1, 0.15) is 98.8 Å². The lowest BCUT2D eigenvalue weighted by atomic mass is 9.94. The van der Waals surface area contributed by atoms with Crippen LogP contribution < -0.4 is 5.73 Å². The average molecular weight is 340 g/mol. The first-order chi connectivity index (χ1) is 11.5. The number of hydrogen-bond acceptors (Lipinski definition) is 3. The maximum absolute atomic E-state index is 6.67. The van der Waals surface area contributed by atoms with Crippen LogP contribution in [0, 0.1) is 0 Å². The standard InChI is InChI=1S/C21H45N3/c1-6-10-12-14-19(8-3)23-16-21(5,22)17-24(18-23)20(9-4)15-13-11-7-2/h19-20H,6-18,22H2,1-5H3. The summed E-state index contributed by atoms with van der Waals surface area (Å²) in [4.78, 5) is 5.39. The van der Waals surface area contributed by atoms with E-state index in [1.165, 1.54) is 64.2 Å². The fourth-order valence-electron chi connectivity index (χ4n) is 4.35. The molecule has 0 aromatic heterocycles. The molecule has 144 valence electrons. The molecule has 1 heterocycles. The van der Waals surface area contributed by atoms with Crippen LogP contribution in [-0.4, -0.2) is 47.2 Å².